The minimum absolute atomic E-state index is 0.296. The van der Waals surface area contributed by atoms with E-state index in [-0.39, 0.29) is 0 Å². The second kappa shape index (κ2) is 7.31. The zero-order chi connectivity index (χ0) is 14.4. The Morgan fingerprint density at radius 2 is 2.05 bits per heavy atom. The van der Waals surface area contributed by atoms with Crippen LogP contribution >= 0.6 is 11.8 Å². The zero-order valence-electron chi connectivity index (χ0n) is 11.7. The number of aliphatic hydroxyl groups excluding tert-OH is 1. The molecule has 0 fully saturated rings. The highest BCUT2D eigenvalue weighted by Gasteiger charge is 2.08. The molecule has 1 aromatic heterocycles. The van der Waals surface area contributed by atoms with Crippen molar-refractivity contribution >= 4 is 11.8 Å². The Bertz CT molecular complexity index is 545. The van der Waals surface area contributed by atoms with Gasteiger partial charge in [-0.1, -0.05) is 18.2 Å². The fourth-order valence-corrected chi connectivity index (χ4v) is 2.50. The normalized spacial score (nSPS) is 12.2. The number of hydrogen-bond acceptors (Lipinski definition) is 4. The summed E-state index contributed by atoms with van der Waals surface area (Å²) in [6, 6.07) is 11.7. The van der Waals surface area contributed by atoms with Crippen molar-refractivity contribution in [3.8, 4) is 5.75 Å². The molecular weight excluding hydrogens is 270 g/mol. The molecule has 0 spiro atoms. The molecule has 0 aliphatic heterocycles. The van der Waals surface area contributed by atoms with Crippen molar-refractivity contribution in [2.75, 3.05) is 12.4 Å². The van der Waals surface area contributed by atoms with Crippen LogP contribution in [0.3, 0.4) is 0 Å². The van der Waals surface area contributed by atoms with Crippen LogP contribution in [-0.4, -0.2) is 28.6 Å². The molecule has 0 aliphatic rings. The van der Waals surface area contributed by atoms with Gasteiger partial charge in [-0.15, -0.1) is 11.8 Å². The molecule has 0 unspecified atom stereocenters. The van der Waals surface area contributed by atoms with Crippen molar-refractivity contribution in [2.45, 2.75) is 25.0 Å². The van der Waals surface area contributed by atoms with Gasteiger partial charge in [0.15, 0.2) is 0 Å². The second-order valence-electron chi connectivity index (χ2n) is 4.64. The topological polar surface area (TPSA) is 42.4 Å². The molecule has 2 rings (SSSR count). The Kier molecular flexibility index (Phi) is 5.44. The first-order chi connectivity index (χ1) is 9.66. The number of pyridine rings is 1. The number of thioether (sulfide) groups is 1. The van der Waals surface area contributed by atoms with Crippen LogP contribution in [0.5, 0.6) is 5.75 Å². The Morgan fingerprint density at radius 3 is 2.80 bits per heavy atom. The fourth-order valence-electron chi connectivity index (χ4n) is 1.73. The summed E-state index contributed by atoms with van der Waals surface area (Å²) < 4.78 is 5.68. The Balaban J connectivity index is 1.80. The van der Waals surface area contributed by atoms with E-state index in [9.17, 15) is 5.11 Å². The van der Waals surface area contributed by atoms with Crippen molar-refractivity contribution in [3.63, 3.8) is 0 Å². The van der Waals surface area contributed by atoms with Crippen molar-refractivity contribution in [3.05, 3.63) is 53.7 Å². The first kappa shape index (κ1) is 14.9. The lowest BCUT2D eigenvalue weighted by Crippen LogP contribution is -2.20. The van der Waals surface area contributed by atoms with Crippen molar-refractivity contribution < 1.29 is 9.84 Å². The van der Waals surface area contributed by atoms with Crippen LogP contribution in [0.15, 0.2) is 47.6 Å². The molecule has 0 saturated carbocycles. The highest BCUT2D eigenvalue weighted by Crippen LogP contribution is 2.21. The van der Waals surface area contributed by atoms with Gasteiger partial charge in [-0.2, -0.15) is 0 Å². The molecule has 106 valence electrons. The number of nitrogens with zero attached hydrogens (tertiary/aromatic N) is 1. The largest absolute Gasteiger partial charge is 0.491 e. The second-order valence-corrected chi connectivity index (χ2v) is 5.68. The van der Waals surface area contributed by atoms with E-state index in [0.29, 0.717) is 12.4 Å². The predicted molar refractivity (Wildman–Crippen MR) is 82.4 cm³/mol. The van der Waals surface area contributed by atoms with Gasteiger partial charge in [-0.05, 0) is 43.2 Å². The summed E-state index contributed by atoms with van der Waals surface area (Å²) in [5.41, 5.74) is 2.32. The number of ether oxygens (including phenoxy) is 1. The maximum absolute atomic E-state index is 9.96. The van der Waals surface area contributed by atoms with E-state index < -0.39 is 6.10 Å². The van der Waals surface area contributed by atoms with Gasteiger partial charge in [-0.3, -0.25) is 0 Å². The van der Waals surface area contributed by atoms with E-state index in [1.54, 1.807) is 6.20 Å². The zero-order valence-corrected chi connectivity index (χ0v) is 12.6. The first-order valence-electron chi connectivity index (χ1n) is 6.57. The van der Waals surface area contributed by atoms with Gasteiger partial charge in [-0.25, -0.2) is 4.98 Å². The average Bonchev–Trinajstić information content (AvgIpc) is 2.48. The van der Waals surface area contributed by atoms with Crippen LogP contribution in [-0.2, 0) is 0 Å². The van der Waals surface area contributed by atoms with Gasteiger partial charge < -0.3 is 9.84 Å². The Labute approximate surface area is 124 Å². The smallest absolute Gasteiger partial charge is 0.122 e. The van der Waals surface area contributed by atoms with Gasteiger partial charge in [0.05, 0.1) is 11.1 Å². The molecule has 0 radical (unpaired) electrons. The summed E-state index contributed by atoms with van der Waals surface area (Å²) >= 11 is 1.53. The lowest BCUT2D eigenvalue weighted by atomic mass is 10.1. The monoisotopic (exact) mass is 289 g/mol. The third kappa shape index (κ3) is 4.25. The third-order valence-electron chi connectivity index (χ3n) is 3.05. The lowest BCUT2D eigenvalue weighted by molar-refractivity contribution is 0.126. The van der Waals surface area contributed by atoms with Gasteiger partial charge in [0.25, 0.3) is 0 Å². The fraction of sp³-hybridized carbons (Fsp3) is 0.312. The number of benzene rings is 1. The molecule has 1 N–H and O–H groups in total. The van der Waals surface area contributed by atoms with Crippen LogP contribution in [0.25, 0.3) is 0 Å². The molecule has 2 aromatic rings. The van der Waals surface area contributed by atoms with E-state index in [4.69, 9.17) is 4.74 Å². The van der Waals surface area contributed by atoms with Crippen LogP contribution in [0.1, 0.15) is 11.1 Å². The standard InChI is InChI=1S/C16H19NO2S/c1-12-6-5-7-15(13(12)2)19-10-14(18)11-20-16-8-3-4-9-17-16/h3-9,14,18H,10-11H2,1-2H3/t14-/m1/s1. The third-order valence-corrected chi connectivity index (χ3v) is 4.14. The van der Waals surface area contributed by atoms with Gasteiger partial charge in [0.1, 0.15) is 12.4 Å². The van der Waals surface area contributed by atoms with Gasteiger partial charge in [0.2, 0.25) is 0 Å². The molecule has 1 atom stereocenters. The van der Waals surface area contributed by atoms with Gasteiger partial charge >= 0.3 is 0 Å². The minimum atomic E-state index is -0.512. The summed E-state index contributed by atoms with van der Waals surface area (Å²) in [7, 11) is 0. The highest BCUT2D eigenvalue weighted by molar-refractivity contribution is 7.99. The molecule has 0 saturated heterocycles. The summed E-state index contributed by atoms with van der Waals surface area (Å²) in [4.78, 5) is 4.21. The Morgan fingerprint density at radius 1 is 1.20 bits per heavy atom. The number of aliphatic hydroxyl groups is 1. The quantitative estimate of drug-likeness (QED) is 0.829. The summed E-state index contributed by atoms with van der Waals surface area (Å²) in [6.45, 7) is 4.37. The van der Waals surface area contributed by atoms with Crippen molar-refractivity contribution in [2.24, 2.45) is 0 Å². The van der Waals surface area contributed by atoms with E-state index >= 15 is 0 Å². The molecule has 1 heterocycles. The van der Waals surface area contributed by atoms with Crippen LogP contribution in [0.2, 0.25) is 0 Å². The predicted octanol–water partition coefficient (Wildman–Crippen LogP) is 3.23. The van der Waals surface area contributed by atoms with E-state index in [1.165, 1.54) is 17.3 Å². The number of hydrogen-bond donors (Lipinski definition) is 1. The first-order valence-corrected chi connectivity index (χ1v) is 7.56. The minimum Gasteiger partial charge on any atom is -0.491 e. The molecule has 4 heteroatoms. The van der Waals surface area contributed by atoms with Crippen LogP contribution < -0.4 is 4.74 Å². The summed E-state index contributed by atoms with van der Waals surface area (Å²) in [6.07, 6.45) is 1.24. The molecule has 0 aliphatic carbocycles. The highest BCUT2D eigenvalue weighted by atomic mass is 32.2. The average molecular weight is 289 g/mol. The molecular formula is C16H19NO2S. The van der Waals surface area contributed by atoms with Crippen LogP contribution in [0, 0.1) is 13.8 Å². The number of rotatable bonds is 6. The molecule has 3 nitrogen and oxygen atoms in total. The maximum atomic E-state index is 9.96. The van der Waals surface area contributed by atoms with E-state index in [1.807, 2.05) is 37.3 Å². The molecule has 0 amide bonds. The van der Waals surface area contributed by atoms with Crippen molar-refractivity contribution in [1.82, 2.24) is 4.98 Å². The molecule has 1 aromatic carbocycles. The molecule has 0 bridgehead atoms. The Hall–Kier alpha value is -1.52. The van der Waals surface area contributed by atoms with Crippen LogP contribution in [0.4, 0.5) is 0 Å². The summed E-state index contributed by atoms with van der Waals surface area (Å²) in [5, 5.41) is 10.9. The van der Waals surface area contributed by atoms with E-state index in [0.717, 1.165) is 16.3 Å². The maximum Gasteiger partial charge on any atom is 0.122 e. The summed E-state index contributed by atoms with van der Waals surface area (Å²) in [5.74, 6) is 1.41. The molecule has 20 heavy (non-hydrogen) atoms. The van der Waals surface area contributed by atoms with Crippen molar-refractivity contribution in [1.29, 1.82) is 0 Å². The SMILES string of the molecule is Cc1cccc(OC[C@@H](O)CSc2ccccn2)c1C. The van der Waals surface area contributed by atoms with E-state index in [2.05, 4.69) is 18.0 Å². The number of aromatic nitrogens is 1. The lowest BCUT2D eigenvalue weighted by Gasteiger charge is -2.14. The number of aryl methyl sites for hydroxylation is 1. The van der Waals surface area contributed by atoms with Gasteiger partial charge in [0, 0.05) is 11.9 Å².